The first-order chi connectivity index (χ1) is 13.1. The molecular weight excluding hydrogens is 342 g/mol. The number of carbonyl (C=O) groups excluding carboxylic acids is 1. The maximum absolute atomic E-state index is 13.0. The van der Waals surface area contributed by atoms with Gasteiger partial charge in [-0.2, -0.15) is 0 Å². The van der Waals surface area contributed by atoms with Crippen molar-refractivity contribution in [1.29, 1.82) is 0 Å². The molecule has 3 heterocycles. The van der Waals surface area contributed by atoms with Crippen LogP contribution in [0.4, 0.5) is 5.82 Å². The molecule has 0 saturated carbocycles. The van der Waals surface area contributed by atoms with E-state index in [2.05, 4.69) is 17.9 Å². The highest BCUT2D eigenvalue weighted by Crippen LogP contribution is 2.41. The second-order valence-corrected chi connectivity index (χ2v) is 7.75. The lowest BCUT2D eigenvalue weighted by atomic mass is 9.78. The number of amides is 1. The summed E-state index contributed by atoms with van der Waals surface area (Å²) in [4.78, 5) is 22.0. The van der Waals surface area contributed by atoms with E-state index in [4.69, 9.17) is 9.72 Å². The Morgan fingerprint density at radius 1 is 1.26 bits per heavy atom. The summed E-state index contributed by atoms with van der Waals surface area (Å²) in [5, 5.41) is 10.4. The van der Waals surface area contributed by atoms with Crippen molar-refractivity contribution in [3.05, 3.63) is 29.8 Å². The summed E-state index contributed by atoms with van der Waals surface area (Å²) < 4.78 is 5.34. The quantitative estimate of drug-likeness (QED) is 0.896. The Bertz CT molecular complexity index is 867. The van der Waals surface area contributed by atoms with Crippen LogP contribution in [-0.4, -0.2) is 60.8 Å². The third-order valence-electron chi connectivity index (χ3n) is 6.08. The van der Waals surface area contributed by atoms with Gasteiger partial charge in [-0.15, -0.1) is 0 Å². The molecule has 6 nitrogen and oxygen atoms in total. The molecule has 0 aliphatic carbocycles. The summed E-state index contributed by atoms with van der Waals surface area (Å²) in [6, 6.07) is 8.08. The van der Waals surface area contributed by atoms with Gasteiger partial charge in [-0.25, -0.2) is 4.98 Å². The number of nitrogens with zero attached hydrogens (tertiary/aromatic N) is 3. The summed E-state index contributed by atoms with van der Waals surface area (Å²) in [5.41, 5.74) is 1.77. The number of aliphatic hydroxyl groups excluding tert-OH is 1. The van der Waals surface area contributed by atoms with Gasteiger partial charge in [0.05, 0.1) is 24.6 Å². The standard InChI is InChI=1S/C21H27N3O3/c1-15-12-19(22-18-13-16(27-2)4-5-17(15)18)24-9-7-21(14-24)6-3-8-23(10-11-25)20(21)26/h4-5,12-13,25H,3,6-11,14H2,1-2H3. The highest BCUT2D eigenvalue weighted by molar-refractivity contribution is 5.87. The number of ether oxygens (including phenoxy) is 1. The zero-order valence-electron chi connectivity index (χ0n) is 16.1. The van der Waals surface area contributed by atoms with Crippen LogP contribution >= 0.6 is 0 Å². The molecule has 1 aromatic heterocycles. The molecule has 1 aromatic carbocycles. The third-order valence-corrected chi connectivity index (χ3v) is 6.08. The lowest BCUT2D eigenvalue weighted by Gasteiger charge is -2.39. The van der Waals surface area contributed by atoms with E-state index in [1.807, 2.05) is 23.1 Å². The van der Waals surface area contributed by atoms with E-state index >= 15 is 0 Å². The Hall–Kier alpha value is -2.34. The molecule has 1 N–H and O–H groups in total. The van der Waals surface area contributed by atoms with Crippen molar-refractivity contribution < 1.29 is 14.6 Å². The summed E-state index contributed by atoms with van der Waals surface area (Å²) in [6.45, 7) is 4.86. The van der Waals surface area contributed by atoms with Crippen LogP contribution in [0.3, 0.4) is 0 Å². The number of benzene rings is 1. The predicted molar refractivity (Wildman–Crippen MR) is 105 cm³/mol. The van der Waals surface area contributed by atoms with Gasteiger partial charge < -0.3 is 19.6 Å². The fraction of sp³-hybridized carbons (Fsp3) is 0.524. The number of pyridine rings is 1. The fourth-order valence-electron chi connectivity index (χ4n) is 4.59. The average Bonchev–Trinajstić information content (AvgIpc) is 3.10. The van der Waals surface area contributed by atoms with Crippen molar-refractivity contribution in [2.75, 3.05) is 44.8 Å². The molecule has 27 heavy (non-hydrogen) atoms. The second kappa shape index (κ2) is 7.00. The number of methoxy groups -OCH3 is 1. The van der Waals surface area contributed by atoms with Crippen molar-refractivity contribution in [3.8, 4) is 5.75 Å². The Morgan fingerprint density at radius 3 is 2.89 bits per heavy atom. The first kappa shape index (κ1) is 18.0. The monoisotopic (exact) mass is 369 g/mol. The van der Waals surface area contributed by atoms with E-state index in [0.29, 0.717) is 13.1 Å². The van der Waals surface area contributed by atoms with E-state index in [9.17, 15) is 9.90 Å². The number of fused-ring (bicyclic) bond motifs is 1. The van der Waals surface area contributed by atoms with Crippen LogP contribution in [0.5, 0.6) is 5.75 Å². The lowest BCUT2D eigenvalue weighted by molar-refractivity contribution is -0.145. The smallest absolute Gasteiger partial charge is 0.230 e. The Kier molecular flexibility index (Phi) is 4.68. The Morgan fingerprint density at radius 2 is 2.11 bits per heavy atom. The van der Waals surface area contributed by atoms with Gasteiger partial charge in [0, 0.05) is 37.6 Å². The normalized spacial score (nSPS) is 22.9. The number of aromatic nitrogens is 1. The molecule has 6 heteroatoms. The number of carbonyl (C=O) groups is 1. The van der Waals surface area contributed by atoms with Crippen LogP contribution in [-0.2, 0) is 4.79 Å². The maximum Gasteiger partial charge on any atom is 0.230 e. The number of hydrogen-bond donors (Lipinski definition) is 1. The zero-order valence-corrected chi connectivity index (χ0v) is 16.1. The summed E-state index contributed by atoms with van der Waals surface area (Å²) >= 11 is 0. The number of likely N-dealkylation sites (tertiary alicyclic amines) is 1. The van der Waals surface area contributed by atoms with Gasteiger partial charge in [0.2, 0.25) is 5.91 Å². The molecule has 2 fully saturated rings. The number of rotatable bonds is 4. The summed E-state index contributed by atoms with van der Waals surface area (Å²) in [6.07, 6.45) is 2.77. The number of hydrogen-bond acceptors (Lipinski definition) is 5. The lowest BCUT2D eigenvalue weighted by Crippen LogP contribution is -2.50. The van der Waals surface area contributed by atoms with Crippen molar-refractivity contribution in [3.63, 3.8) is 0 Å². The number of anilines is 1. The van der Waals surface area contributed by atoms with Crippen molar-refractivity contribution >= 4 is 22.6 Å². The van der Waals surface area contributed by atoms with Gasteiger partial charge in [0.1, 0.15) is 11.6 Å². The third kappa shape index (κ3) is 3.12. The molecule has 1 amide bonds. The highest BCUT2D eigenvalue weighted by Gasteiger charge is 2.48. The van der Waals surface area contributed by atoms with Crippen LogP contribution in [0.1, 0.15) is 24.8 Å². The minimum atomic E-state index is -0.327. The molecule has 1 atom stereocenters. The molecule has 0 radical (unpaired) electrons. The van der Waals surface area contributed by atoms with Crippen LogP contribution in [0, 0.1) is 12.3 Å². The van der Waals surface area contributed by atoms with Crippen LogP contribution in [0.2, 0.25) is 0 Å². The van der Waals surface area contributed by atoms with Crippen molar-refractivity contribution in [1.82, 2.24) is 9.88 Å². The summed E-state index contributed by atoms with van der Waals surface area (Å²) in [7, 11) is 1.66. The van der Waals surface area contributed by atoms with Gasteiger partial charge >= 0.3 is 0 Å². The van der Waals surface area contributed by atoms with Crippen molar-refractivity contribution in [2.24, 2.45) is 5.41 Å². The van der Waals surface area contributed by atoms with Crippen LogP contribution in [0.25, 0.3) is 10.9 Å². The molecule has 2 saturated heterocycles. The zero-order chi connectivity index (χ0) is 19.0. The van der Waals surface area contributed by atoms with Gasteiger partial charge in [-0.1, -0.05) is 0 Å². The largest absolute Gasteiger partial charge is 0.497 e. The molecule has 2 aromatic rings. The molecule has 4 rings (SSSR count). The first-order valence-corrected chi connectivity index (χ1v) is 9.67. The van der Waals surface area contributed by atoms with Gasteiger partial charge in [-0.05, 0) is 49.9 Å². The molecule has 2 aliphatic rings. The topological polar surface area (TPSA) is 65.9 Å². The number of β-amino-alcohol motifs (C(OH)–C–C–N with tert-alkyl or cyclic N) is 1. The van der Waals surface area contributed by atoms with E-state index in [1.165, 1.54) is 5.56 Å². The average molecular weight is 369 g/mol. The minimum absolute atomic E-state index is 0.0266. The van der Waals surface area contributed by atoms with E-state index < -0.39 is 0 Å². The molecular formula is C21H27N3O3. The van der Waals surface area contributed by atoms with Crippen molar-refractivity contribution in [2.45, 2.75) is 26.2 Å². The second-order valence-electron chi connectivity index (χ2n) is 7.75. The Balaban J connectivity index is 1.62. The first-order valence-electron chi connectivity index (χ1n) is 9.67. The number of aryl methyl sites for hydroxylation is 1. The number of aliphatic hydroxyl groups is 1. The van der Waals surface area contributed by atoms with Gasteiger partial charge in [0.25, 0.3) is 0 Å². The number of piperidine rings is 1. The van der Waals surface area contributed by atoms with E-state index in [0.717, 1.165) is 54.8 Å². The molecule has 144 valence electrons. The minimum Gasteiger partial charge on any atom is -0.497 e. The van der Waals surface area contributed by atoms with Gasteiger partial charge in [-0.3, -0.25) is 4.79 Å². The van der Waals surface area contributed by atoms with E-state index in [1.54, 1.807) is 7.11 Å². The molecule has 2 aliphatic heterocycles. The van der Waals surface area contributed by atoms with E-state index in [-0.39, 0.29) is 17.9 Å². The SMILES string of the molecule is COc1ccc2c(C)cc(N3CCC4(CCCN(CCO)C4=O)C3)nc2c1. The van der Waals surface area contributed by atoms with Crippen LogP contribution in [0.15, 0.2) is 24.3 Å². The maximum atomic E-state index is 13.0. The summed E-state index contributed by atoms with van der Waals surface area (Å²) in [5.74, 6) is 1.92. The fourth-order valence-corrected chi connectivity index (χ4v) is 4.59. The predicted octanol–water partition coefficient (Wildman–Crippen LogP) is 2.36. The molecule has 1 unspecified atom stereocenters. The molecule has 0 bridgehead atoms. The van der Waals surface area contributed by atoms with Gasteiger partial charge in [0.15, 0.2) is 0 Å². The molecule has 1 spiro atoms. The Labute approximate surface area is 159 Å². The highest BCUT2D eigenvalue weighted by atomic mass is 16.5. The van der Waals surface area contributed by atoms with Crippen LogP contribution < -0.4 is 9.64 Å².